The molecule has 0 radical (unpaired) electrons. The summed E-state index contributed by atoms with van der Waals surface area (Å²) in [6.45, 7) is 14.2. The van der Waals surface area contributed by atoms with E-state index in [0.29, 0.717) is 5.54 Å². The standard InChI is InChI=1S/C19H41N/c1-6-10-12-14-16-18-19(5,20(8-3)9-4)17-15-13-11-7-2/h6-18H2,1-5H3. The summed E-state index contributed by atoms with van der Waals surface area (Å²) in [7, 11) is 0. The lowest BCUT2D eigenvalue weighted by Crippen LogP contribution is -2.46. The van der Waals surface area contributed by atoms with Gasteiger partial charge in [-0.25, -0.2) is 0 Å². The van der Waals surface area contributed by atoms with Crippen molar-refractivity contribution < 1.29 is 0 Å². The molecular weight excluding hydrogens is 242 g/mol. The predicted octanol–water partition coefficient (Wildman–Crippen LogP) is 6.42. The topological polar surface area (TPSA) is 3.24 Å². The molecule has 0 amide bonds. The Kier molecular flexibility index (Phi) is 12.7. The fourth-order valence-corrected chi connectivity index (χ4v) is 3.47. The van der Waals surface area contributed by atoms with Gasteiger partial charge < -0.3 is 0 Å². The summed E-state index contributed by atoms with van der Waals surface area (Å²) in [6.07, 6.45) is 15.4. The van der Waals surface area contributed by atoms with Gasteiger partial charge in [0.15, 0.2) is 0 Å². The summed E-state index contributed by atoms with van der Waals surface area (Å²) in [6, 6.07) is 0. The molecule has 0 aromatic rings. The molecule has 0 N–H and O–H groups in total. The molecular formula is C19H41N. The molecule has 0 saturated carbocycles. The molecule has 0 aromatic heterocycles. The molecule has 122 valence electrons. The van der Waals surface area contributed by atoms with E-state index >= 15 is 0 Å². The van der Waals surface area contributed by atoms with Gasteiger partial charge in [-0.2, -0.15) is 0 Å². The second-order valence-electron chi connectivity index (χ2n) is 6.64. The Morgan fingerprint density at radius 3 is 1.40 bits per heavy atom. The van der Waals surface area contributed by atoms with Gasteiger partial charge in [-0.05, 0) is 32.9 Å². The molecule has 0 aliphatic carbocycles. The maximum atomic E-state index is 2.71. The molecule has 0 heterocycles. The first kappa shape index (κ1) is 20.0. The van der Waals surface area contributed by atoms with E-state index in [1.807, 2.05) is 0 Å². The Hall–Kier alpha value is -0.0400. The van der Waals surface area contributed by atoms with Gasteiger partial charge in [-0.3, -0.25) is 4.90 Å². The van der Waals surface area contributed by atoms with Crippen LogP contribution in [0.1, 0.15) is 105 Å². The number of hydrogen-bond donors (Lipinski definition) is 0. The summed E-state index contributed by atoms with van der Waals surface area (Å²) in [5.74, 6) is 0. The zero-order valence-corrected chi connectivity index (χ0v) is 15.1. The van der Waals surface area contributed by atoms with Gasteiger partial charge in [0.1, 0.15) is 0 Å². The Morgan fingerprint density at radius 2 is 1.00 bits per heavy atom. The van der Waals surface area contributed by atoms with Crippen LogP contribution in [0.4, 0.5) is 0 Å². The first-order chi connectivity index (χ1) is 9.64. The van der Waals surface area contributed by atoms with Gasteiger partial charge >= 0.3 is 0 Å². The van der Waals surface area contributed by atoms with Crippen LogP contribution >= 0.6 is 0 Å². The quantitative estimate of drug-likeness (QED) is 0.333. The van der Waals surface area contributed by atoms with Gasteiger partial charge in [0, 0.05) is 5.54 Å². The summed E-state index contributed by atoms with van der Waals surface area (Å²) in [4.78, 5) is 2.71. The normalized spacial score (nSPS) is 14.7. The van der Waals surface area contributed by atoms with E-state index in [-0.39, 0.29) is 0 Å². The number of rotatable bonds is 14. The molecule has 1 heteroatoms. The Labute approximate surface area is 129 Å². The minimum atomic E-state index is 0.448. The highest BCUT2D eigenvalue weighted by atomic mass is 15.2. The molecule has 0 spiro atoms. The summed E-state index contributed by atoms with van der Waals surface area (Å²) >= 11 is 0. The summed E-state index contributed by atoms with van der Waals surface area (Å²) < 4.78 is 0. The second-order valence-corrected chi connectivity index (χ2v) is 6.64. The van der Waals surface area contributed by atoms with Crippen LogP contribution in [0.15, 0.2) is 0 Å². The Morgan fingerprint density at radius 1 is 0.600 bits per heavy atom. The van der Waals surface area contributed by atoms with Crippen molar-refractivity contribution in [2.75, 3.05) is 13.1 Å². The minimum absolute atomic E-state index is 0.448. The molecule has 0 saturated heterocycles. The highest BCUT2D eigenvalue weighted by Gasteiger charge is 2.28. The molecule has 0 rings (SSSR count). The fourth-order valence-electron chi connectivity index (χ4n) is 3.47. The molecule has 1 nitrogen and oxygen atoms in total. The van der Waals surface area contributed by atoms with E-state index in [0.717, 1.165) is 0 Å². The predicted molar refractivity (Wildman–Crippen MR) is 93.5 cm³/mol. The summed E-state index contributed by atoms with van der Waals surface area (Å²) in [5, 5.41) is 0. The average molecular weight is 284 g/mol. The lowest BCUT2D eigenvalue weighted by atomic mass is 9.86. The van der Waals surface area contributed by atoms with Crippen LogP contribution in [0.25, 0.3) is 0 Å². The highest BCUT2D eigenvalue weighted by Crippen LogP contribution is 2.29. The molecule has 0 bridgehead atoms. The van der Waals surface area contributed by atoms with Gasteiger partial charge in [-0.15, -0.1) is 0 Å². The van der Waals surface area contributed by atoms with Gasteiger partial charge in [-0.1, -0.05) is 85.5 Å². The lowest BCUT2D eigenvalue weighted by molar-refractivity contribution is 0.0915. The number of unbranched alkanes of at least 4 members (excludes halogenated alkanes) is 7. The highest BCUT2D eigenvalue weighted by molar-refractivity contribution is 4.85. The third-order valence-electron chi connectivity index (χ3n) is 4.91. The van der Waals surface area contributed by atoms with Crippen LogP contribution in [-0.4, -0.2) is 23.5 Å². The van der Waals surface area contributed by atoms with Crippen molar-refractivity contribution in [1.29, 1.82) is 0 Å². The smallest absolute Gasteiger partial charge is 0.0181 e. The van der Waals surface area contributed by atoms with Gasteiger partial charge in [0.2, 0.25) is 0 Å². The maximum absolute atomic E-state index is 2.71. The van der Waals surface area contributed by atoms with Crippen LogP contribution in [0.3, 0.4) is 0 Å². The van der Waals surface area contributed by atoms with Crippen molar-refractivity contribution >= 4 is 0 Å². The Bertz CT molecular complexity index is 198. The van der Waals surface area contributed by atoms with E-state index in [1.54, 1.807) is 0 Å². The van der Waals surface area contributed by atoms with Crippen molar-refractivity contribution in [2.45, 2.75) is 111 Å². The first-order valence-electron chi connectivity index (χ1n) is 9.39. The Balaban J connectivity index is 4.22. The lowest BCUT2D eigenvalue weighted by Gasteiger charge is -2.41. The third-order valence-corrected chi connectivity index (χ3v) is 4.91. The molecule has 20 heavy (non-hydrogen) atoms. The number of nitrogens with zero attached hydrogens (tertiary/aromatic N) is 1. The van der Waals surface area contributed by atoms with Crippen LogP contribution in [0.5, 0.6) is 0 Å². The van der Waals surface area contributed by atoms with Crippen molar-refractivity contribution in [3.8, 4) is 0 Å². The largest absolute Gasteiger partial charge is 0.298 e. The maximum Gasteiger partial charge on any atom is 0.0181 e. The van der Waals surface area contributed by atoms with E-state index in [2.05, 4.69) is 39.5 Å². The monoisotopic (exact) mass is 283 g/mol. The first-order valence-corrected chi connectivity index (χ1v) is 9.39. The van der Waals surface area contributed by atoms with E-state index in [9.17, 15) is 0 Å². The third kappa shape index (κ3) is 8.29. The molecule has 1 unspecified atom stereocenters. The van der Waals surface area contributed by atoms with Crippen molar-refractivity contribution in [2.24, 2.45) is 0 Å². The average Bonchev–Trinajstić information content (AvgIpc) is 2.45. The van der Waals surface area contributed by atoms with Crippen molar-refractivity contribution in [3.63, 3.8) is 0 Å². The summed E-state index contributed by atoms with van der Waals surface area (Å²) in [5.41, 5.74) is 0.448. The SMILES string of the molecule is CCCCCCCC(C)(CCCCCC)N(CC)CC. The van der Waals surface area contributed by atoms with Gasteiger partial charge in [0.05, 0.1) is 0 Å². The van der Waals surface area contributed by atoms with E-state index < -0.39 is 0 Å². The van der Waals surface area contributed by atoms with Crippen LogP contribution in [0, 0.1) is 0 Å². The van der Waals surface area contributed by atoms with E-state index in [1.165, 1.54) is 83.7 Å². The molecule has 0 fully saturated rings. The van der Waals surface area contributed by atoms with Crippen LogP contribution in [0.2, 0.25) is 0 Å². The number of hydrogen-bond acceptors (Lipinski definition) is 1. The fraction of sp³-hybridized carbons (Fsp3) is 1.00. The zero-order chi connectivity index (χ0) is 15.3. The van der Waals surface area contributed by atoms with E-state index in [4.69, 9.17) is 0 Å². The molecule has 0 aliphatic heterocycles. The van der Waals surface area contributed by atoms with Crippen LogP contribution < -0.4 is 0 Å². The second kappa shape index (κ2) is 12.7. The van der Waals surface area contributed by atoms with Gasteiger partial charge in [0.25, 0.3) is 0 Å². The molecule has 0 aromatic carbocycles. The van der Waals surface area contributed by atoms with Crippen LogP contribution in [-0.2, 0) is 0 Å². The zero-order valence-electron chi connectivity index (χ0n) is 15.1. The molecule has 1 atom stereocenters. The molecule has 0 aliphatic rings. The minimum Gasteiger partial charge on any atom is -0.298 e. The van der Waals surface area contributed by atoms with Crippen molar-refractivity contribution in [3.05, 3.63) is 0 Å². The van der Waals surface area contributed by atoms with Crippen molar-refractivity contribution in [1.82, 2.24) is 4.90 Å².